The van der Waals surface area contributed by atoms with Crippen molar-refractivity contribution in [2.45, 2.75) is 32.2 Å². The van der Waals surface area contributed by atoms with Crippen LogP contribution in [0.5, 0.6) is 0 Å². The number of likely N-dealkylation sites (tertiary alicyclic amines) is 1. The Labute approximate surface area is 74.1 Å². The molecule has 1 heterocycles. The van der Waals surface area contributed by atoms with E-state index in [0.717, 1.165) is 13.1 Å². The van der Waals surface area contributed by atoms with Crippen LogP contribution in [0, 0.1) is 0 Å². The minimum Gasteiger partial charge on any atom is -0.359 e. The molecule has 3 heteroatoms. The second-order valence-corrected chi connectivity index (χ2v) is 3.45. The summed E-state index contributed by atoms with van der Waals surface area (Å²) in [7, 11) is 1.69. The number of amides is 1. The first-order valence-electron chi connectivity index (χ1n) is 4.68. The van der Waals surface area contributed by atoms with Gasteiger partial charge in [-0.15, -0.1) is 0 Å². The highest BCUT2D eigenvalue weighted by molar-refractivity contribution is 5.75. The minimum absolute atomic E-state index is 0.147. The van der Waals surface area contributed by atoms with Gasteiger partial charge in [-0.25, -0.2) is 0 Å². The van der Waals surface area contributed by atoms with Gasteiger partial charge >= 0.3 is 0 Å². The Hall–Kier alpha value is -0.570. The van der Waals surface area contributed by atoms with Gasteiger partial charge in [-0.3, -0.25) is 4.79 Å². The van der Waals surface area contributed by atoms with Gasteiger partial charge in [0.05, 0.1) is 0 Å². The van der Waals surface area contributed by atoms with Crippen LogP contribution in [0.2, 0.25) is 0 Å². The van der Waals surface area contributed by atoms with E-state index in [4.69, 9.17) is 0 Å². The van der Waals surface area contributed by atoms with Crippen molar-refractivity contribution in [1.29, 1.82) is 0 Å². The first-order chi connectivity index (χ1) is 5.74. The van der Waals surface area contributed by atoms with Crippen LogP contribution in [0.1, 0.15) is 26.2 Å². The molecule has 0 aromatic carbocycles. The Kier molecular flexibility index (Phi) is 3.53. The van der Waals surface area contributed by atoms with Crippen LogP contribution in [-0.2, 0) is 4.79 Å². The Morgan fingerprint density at radius 2 is 2.42 bits per heavy atom. The van der Waals surface area contributed by atoms with Gasteiger partial charge in [0.1, 0.15) is 0 Å². The first kappa shape index (κ1) is 9.52. The SMILES string of the molecule is CNC(=O)CCN1CCCC1C. The molecule has 1 unspecified atom stereocenters. The maximum atomic E-state index is 10.9. The molecule has 1 fully saturated rings. The molecule has 0 saturated carbocycles. The third-order valence-corrected chi connectivity index (χ3v) is 2.60. The number of hydrogen-bond donors (Lipinski definition) is 1. The van der Waals surface area contributed by atoms with E-state index in [0.29, 0.717) is 12.5 Å². The van der Waals surface area contributed by atoms with E-state index in [-0.39, 0.29) is 5.91 Å². The Bertz CT molecular complexity index is 159. The number of nitrogens with one attached hydrogen (secondary N) is 1. The average molecular weight is 170 g/mol. The first-order valence-corrected chi connectivity index (χ1v) is 4.68. The van der Waals surface area contributed by atoms with E-state index in [1.807, 2.05) is 0 Å². The Balaban J connectivity index is 2.18. The van der Waals surface area contributed by atoms with Crippen molar-refractivity contribution in [3.63, 3.8) is 0 Å². The third-order valence-electron chi connectivity index (χ3n) is 2.60. The molecule has 1 aliphatic rings. The van der Waals surface area contributed by atoms with Gasteiger partial charge in [0.25, 0.3) is 0 Å². The monoisotopic (exact) mass is 170 g/mol. The molecule has 0 aromatic heterocycles. The largest absolute Gasteiger partial charge is 0.359 e. The zero-order valence-electron chi connectivity index (χ0n) is 7.97. The second-order valence-electron chi connectivity index (χ2n) is 3.45. The van der Waals surface area contributed by atoms with Crippen LogP contribution < -0.4 is 5.32 Å². The molecule has 0 aromatic rings. The molecule has 1 saturated heterocycles. The number of carbonyl (C=O) groups excluding carboxylic acids is 1. The Morgan fingerprint density at radius 1 is 1.67 bits per heavy atom. The summed E-state index contributed by atoms with van der Waals surface area (Å²) in [5, 5.41) is 2.64. The van der Waals surface area contributed by atoms with E-state index in [9.17, 15) is 4.79 Å². The predicted octanol–water partition coefficient (Wildman–Crippen LogP) is 0.607. The molecule has 1 amide bonds. The lowest BCUT2D eigenvalue weighted by Gasteiger charge is -2.19. The maximum Gasteiger partial charge on any atom is 0.221 e. The van der Waals surface area contributed by atoms with Crippen molar-refractivity contribution in [2.75, 3.05) is 20.1 Å². The lowest BCUT2D eigenvalue weighted by molar-refractivity contribution is -0.120. The summed E-state index contributed by atoms with van der Waals surface area (Å²) in [5.41, 5.74) is 0. The van der Waals surface area contributed by atoms with Crippen LogP contribution in [0.4, 0.5) is 0 Å². The molecule has 0 aliphatic carbocycles. The highest BCUT2D eigenvalue weighted by Gasteiger charge is 2.19. The smallest absolute Gasteiger partial charge is 0.221 e. The fourth-order valence-electron chi connectivity index (χ4n) is 1.70. The van der Waals surface area contributed by atoms with Crippen LogP contribution in [-0.4, -0.2) is 37.0 Å². The summed E-state index contributed by atoms with van der Waals surface area (Å²) >= 11 is 0. The van der Waals surface area contributed by atoms with Crippen molar-refractivity contribution < 1.29 is 4.79 Å². The van der Waals surface area contributed by atoms with Gasteiger partial charge < -0.3 is 10.2 Å². The summed E-state index contributed by atoms with van der Waals surface area (Å²) in [6.07, 6.45) is 3.21. The van der Waals surface area contributed by atoms with Crippen LogP contribution in [0.3, 0.4) is 0 Å². The fraction of sp³-hybridized carbons (Fsp3) is 0.889. The standard InChI is InChI=1S/C9H18N2O/c1-8-4-3-6-11(8)7-5-9(12)10-2/h8H,3-7H2,1-2H3,(H,10,12). The molecular formula is C9H18N2O. The van der Waals surface area contributed by atoms with E-state index in [1.165, 1.54) is 12.8 Å². The van der Waals surface area contributed by atoms with E-state index in [1.54, 1.807) is 7.05 Å². The zero-order valence-corrected chi connectivity index (χ0v) is 7.97. The molecule has 3 nitrogen and oxygen atoms in total. The van der Waals surface area contributed by atoms with Crippen molar-refractivity contribution in [3.8, 4) is 0 Å². The molecule has 1 aliphatic heterocycles. The topological polar surface area (TPSA) is 32.3 Å². The van der Waals surface area contributed by atoms with E-state index in [2.05, 4.69) is 17.1 Å². The lowest BCUT2D eigenvalue weighted by atomic mass is 10.2. The van der Waals surface area contributed by atoms with Crippen LogP contribution in [0.15, 0.2) is 0 Å². The van der Waals surface area contributed by atoms with Gasteiger partial charge in [0, 0.05) is 26.1 Å². The summed E-state index contributed by atoms with van der Waals surface area (Å²) < 4.78 is 0. The average Bonchev–Trinajstić information content (AvgIpc) is 2.47. The quantitative estimate of drug-likeness (QED) is 0.673. The highest BCUT2D eigenvalue weighted by Crippen LogP contribution is 2.15. The van der Waals surface area contributed by atoms with Gasteiger partial charge in [0.15, 0.2) is 0 Å². The predicted molar refractivity (Wildman–Crippen MR) is 49.0 cm³/mol. The molecule has 0 bridgehead atoms. The van der Waals surface area contributed by atoms with Crippen molar-refractivity contribution in [2.24, 2.45) is 0 Å². The van der Waals surface area contributed by atoms with Gasteiger partial charge in [0.2, 0.25) is 5.91 Å². The van der Waals surface area contributed by atoms with Crippen molar-refractivity contribution in [1.82, 2.24) is 10.2 Å². The number of rotatable bonds is 3. The van der Waals surface area contributed by atoms with Crippen LogP contribution >= 0.6 is 0 Å². The number of nitrogens with zero attached hydrogens (tertiary/aromatic N) is 1. The molecule has 1 rings (SSSR count). The third kappa shape index (κ3) is 2.48. The number of hydrogen-bond acceptors (Lipinski definition) is 2. The zero-order chi connectivity index (χ0) is 8.97. The minimum atomic E-state index is 0.147. The molecule has 0 spiro atoms. The number of carbonyl (C=O) groups is 1. The summed E-state index contributed by atoms with van der Waals surface area (Å²) in [6.45, 7) is 4.32. The molecule has 1 atom stereocenters. The van der Waals surface area contributed by atoms with Gasteiger partial charge in [-0.2, -0.15) is 0 Å². The maximum absolute atomic E-state index is 10.9. The molecular weight excluding hydrogens is 152 g/mol. The molecule has 0 radical (unpaired) electrons. The second kappa shape index (κ2) is 4.45. The van der Waals surface area contributed by atoms with Gasteiger partial charge in [-0.1, -0.05) is 0 Å². The molecule has 1 N–H and O–H groups in total. The molecule has 12 heavy (non-hydrogen) atoms. The summed E-state index contributed by atoms with van der Waals surface area (Å²) in [4.78, 5) is 13.3. The van der Waals surface area contributed by atoms with Gasteiger partial charge in [-0.05, 0) is 26.3 Å². The van der Waals surface area contributed by atoms with E-state index >= 15 is 0 Å². The lowest BCUT2D eigenvalue weighted by Crippen LogP contribution is -2.31. The van der Waals surface area contributed by atoms with Crippen molar-refractivity contribution in [3.05, 3.63) is 0 Å². The Morgan fingerprint density at radius 3 is 2.92 bits per heavy atom. The molecule has 70 valence electrons. The summed E-state index contributed by atoms with van der Waals surface area (Å²) in [6, 6.07) is 0.676. The van der Waals surface area contributed by atoms with E-state index < -0.39 is 0 Å². The summed E-state index contributed by atoms with van der Waals surface area (Å²) in [5.74, 6) is 0.147. The normalized spacial score (nSPS) is 24.3. The van der Waals surface area contributed by atoms with Crippen LogP contribution in [0.25, 0.3) is 0 Å². The highest BCUT2D eigenvalue weighted by atomic mass is 16.1. The van der Waals surface area contributed by atoms with Crippen molar-refractivity contribution >= 4 is 5.91 Å². The fourth-order valence-corrected chi connectivity index (χ4v) is 1.70.